The van der Waals surface area contributed by atoms with Crippen molar-refractivity contribution >= 4 is 0 Å². The summed E-state index contributed by atoms with van der Waals surface area (Å²) in [7, 11) is 0. The Morgan fingerprint density at radius 2 is 2.18 bits per heavy atom. The second-order valence-electron chi connectivity index (χ2n) is 5.72. The maximum atomic E-state index is 9.31. The highest BCUT2D eigenvalue weighted by Gasteiger charge is 2.38. The predicted molar refractivity (Wildman–Crippen MR) is 66.6 cm³/mol. The van der Waals surface area contributed by atoms with Crippen molar-refractivity contribution in [2.45, 2.75) is 65.5 Å². The van der Waals surface area contributed by atoms with Crippen molar-refractivity contribution in [1.82, 2.24) is 14.8 Å². The topological polar surface area (TPSA) is 50.9 Å². The van der Waals surface area contributed by atoms with E-state index in [4.69, 9.17) is 0 Å². The molecule has 1 fully saturated rings. The Kier molecular flexibility index (Phi) is 3.52. The minimum absolute atomic E-state index is 0.0137. The summed E-state index contributed by atoms with van der Waals surface area (Å²) in [5.74, 6) is 2.28. The summed E-state index contributed by atoms with van der Waals surface area (Å²) >= 11 is 0. The molecule has 0 saturated heterocycles. The third kappa shape index (κ3) is 2.23. The molecule has 1 aliphatic rings. The molecule has 0 amide bonds. The van der Waals surface area contributed by atoms with Crippen LogP contribution in [0.3, 0.4) is 0 Å². The average Bonchev–Trinajstić information content (AvgIpc) is 2.82. The van der Waals surface area contributed by atoms with E-state index in [9.17, 15) is 5.11 Å². The number of hydrogen-bond donors (Lipinski definition) is 1. The number of hydrogen-bond acceptors (Lipinski definition) is 3. The average molecular weight is 237 g/mol. The zero-order valence-corrected chi connectivity index (χ0v) is 11.1. The fourth-order valence-corrected chi connectivity index (χ4v) is 3.00. The molecule has 1 heterocycles. The van der Waals surface area contributed by atoms with Gasteiger partial charge in [0, 0.05) is 12.5 Å². The highest BCUT2D eigenvalue weighted by Crippen LogP contribution is 2.48. The molecule has 0 aromatic carbocycles. The van der Waals surface area contributed by atoms with E-state index in [0.717, 1.165) is 18.8 Å². The van der Waals surface area contributed by atoms with Crippen LogP contribution in [-0.4, -0.2) is 19.9 Å². The van der Waals surface area contributed by atoms with E-state index >= 15 is 0 Å². The summed E-state index contributed by atoms with van der Waals surface area (Å²) in [4.78, 5) is 0. The first kappa shape index (κ1) is 12.6. The zero-order valence-electron chi connectivity index (χ0n) is 11.1. The van der Waals surface area contributed by atoms with Gasteiger partial charge in [-0.1, -0.05) is 27.2 Å². The second kappa shape index (κ2) is 4.77. The van der Waals surface area contributed by atoms with Gasteiger partial charge in [0.25, 0.3) is 0 Å². The summed E-state index contributed by atoms with van der Waals surface area (Å²) in [6.45, 7) is 7.66. The van der Waals surface area contributed by atoms with Gasteiger partial charge in [0.05, 0.1) is 0 Å². The minimum atomic E-state index is -0.0137. The fourth-order valence-electron chi connectivity index (χ4n) is 3.00. The lowest BCUT2D eigenvalue weighted by molar-refractivity contribution is 0.261. The highest BCUT2D eigenvalue weighted by molar-refractivity contribution is 5.09. The Hall–Kier alpha value is -0.900. The predicted octanol–water partition coefficient (Wildman–Crippen LogP) is 2.47. The van der Waals surface area contributed by atoms with Crippen LogP contribution in [0.15, 0.2) is 0 Å². The van der Waals surface area contributed by atoms with Gasteiger partial charge >= 0.3 is 0 Å². The van der Waals surface area contributed by atoms with Crippen LogP contribution in [0.2, 0.25) is 0 Å². The third-order valence-corrected chi connectivity index (χ3v) is 4.01. The molecule has 2 rings (SSSR count). The Labute approximate surface area is 103 Å². The van der Waals surface area contributed by atoms with E-state index in [2.05, 4.69) is 35.5 Å². The van der Waals surface area contributed by atoms with Crippen molar-refractivity contribution in [3.63, 3.8) is 0 Å². The molecule has 0 spiro atoms. The SMILES string of the molecule is CCCn1c(CO)nnc1C1CCCC1(C)C. The lowest BCUT2D eigenvalue weighted by Gasteiger charge is -2.26. The van der Waals surface area contributed by atoms with Gasteiger partial charge in [-0.05, 0) is 24.7 Å². The fraction of sp³-hybridized carbons (Fsp3) is 0.846. The first-order valence-electron chi connectivity index (χ1n) is 6.63. The van der Waals surface area contributed by atoms with Crippen LogP contribution >= 0.6 is 0 Å². The quantitative estimate of drug-likeness (QED) is 0.875. The molecule has 0 radical (unpaired) electrons. The molecule has 1 aliphatic carbocycles. The maximum absolute atomic E-state index is 9.31. The molecular formula is C13H23N3O. The van der Waals surface area contributed by atoms with Gasteiger partial charge < -0.3 is 9.67 Å². The van der Waals surface area contributed by atoms with Gasteiger partial charge in [-0.25, -0.2) is 0 Å². The molecule has 1 aromatic rings. The monoisotopic (exact) mass is 237 g/mol. The summed E-state index contributed by atoms with van der Waals surface area (Å²) in [5.41, 5.74) is 0.311. The lowest BCUT2D eigenvalue weighted by atomic mass is 9.81. The first-order valence-corrected chi connectivity index (χ1v) is 6.63. The highest BCUT2D eigenvalue weighted by atomic mass is 16.3. The largest absolute Gasteiger partial charge is 0.388 e. The molecule has 17 heavy (non-hydrogen) atoms. The van der Waals surface area contributed by atoms with Gasteiger partial charge in [-0.15, -0.1) is 10.2 Å². The molecule has 1 aromatic heterocycles. The number of aliphatic hydroxyl groups excluding tert-OH is 1. The van der Waals surface area contributed by atoms with E-state index in [-0.39, 0.29) is 6.61 Å². The molecule has 0 aliphatic heterocycles. The third-order valence-electron chi connectivity index (χ3n) is 4.01. The number of rotatable bonds is 4. The van der Waals surface area contributed by atoms with Gasteiger partial charge in [-0.3, -0.25) is 0 Å². The van der Waals surface area contributed by atoms with E-state index in [0.29, 0.717) is 17.2 Å². The molecule has 1 N–H and O–H groups in total. The van der Waals surface area contributed by atoms with Crippen molar-refractivity contribution in [2.24, 2.45) is 5.41 Å². The normalized spacial score (nSPS) is 23.2. The molecule has 0 bridgehead atoms. The van der Waals surface area contributed by atoms with Crippen LogP contribution in [0.4, 0.5) is 0 Å². The van der Waals surface area contributed by atoms with Crippen LogP contribution in [0.1, 0.15) is 64.0 Å². The number of nitrogens with zero attached hydrogens (tertiary/aromatic N) is 3. The van der Waals surface area contributed by atoms with Crippen molar-refractivity contribution in [1.29, 1.82) is 0 Å². The van der Waals surface area contributed by atoms with Crippen LogP contribution in [0.25, 0.3) is 0 Å². The van der Waals surface area contributed by atoms with Crippen LogP contribution in [0, 0.1) is 5.41 Å². The second-order valence-corrected chi connectivity index (χ2v) is 5.72. The number of aromatic nitrogens is 3. The molecular weight excluding hydrogens is 214 g/mol. The number of aliphatic hydroxyl groups is 1. The maximum Gasteiger partial charge on any atom is 0.158 e. The summed E-state index contributed by atoms with van der Waals surface area (Å²) < 4.78 is 2.12. The molecule has 1 saturated carbocycles. The first-order chi connectivity index (χ1) is 8.10. The standard InChI is InChI=1S/C13H23N3O/c1-4-8-16-11(9-17)14-15-12(16)10-6-5-7-13(10,2)3/h10,17H,4-9H2,1-3H3. The summed E-state index contributed by atoms with van der Waals surface area (Å²) in [6.07, 6.45) is 4.77. The zero-order chi connectivity index (χ0) is 12.5. The van der Waals surface area contributed by atoms with Crippen LogP contribution in [-0.2, 0) is 13.2 Å². The van der Waals surface area contributed by atoms with Crippen LogP contribution in [0.5, 0.6) is 0 Å². The van der Waals surface area contributed by atoms with Crippen LogP contribution < -0.4 is 0 Å². The molecule has 1 unspecified atom stereocenters. The Morgan fingerprint density at radius 3 is 2.71 bits per heavy atom. The Bertz CT molecular complexity index is 384. The van der Waals surface area contributed by atoms with Crippen molar-refractivity contribution in [3.8, 4) is 0 Å². The van der Waals surface area contributed by atoms with Gasteiger partial charge in [-0.2, -0.15) is 0 Å². The van der Waals surface area contributed by atoms with E-state index in [1.165, 1.54) is 19.3 Å². The summed E-state index contributed by atoms with van der Waals surface area (Å²) in [5, 5.41) is 17.8. The molecule has 4 heteroatoms. The van der Waals surface area contributed by atoms with Crippen molar-refractivity contribution in [2.75, 3.05) is 0 Å². The smallest absolute Gasteiger partial charge is 0.158 e. The van der Waals surface area contributed by atoms with Gasteiger partial charge in [0.15, 0.2) is 5.82 Å². The Morgan fingerprint density at radius 1 is 1.41 bits per heavy atom. The summed E-state index contributed by atoms with van der Waals surface area (Å²) in [6, 6.07) is 0. The van der Waals surface area contributed by atoms with E-state index in [1.807, 2.05) is 0 Å². The van der Waals surface area contributed by atoms with Gasteiger partial charge in [0.1, 0.15) is 12.4 Å². The molecule has 1 atom stereocenters. The minimum Gasteiger partial charge on any atom is -0.388 e. The van der Waals surface area contributed by atoms with E-state index in [1.54, 1.807) is 0 Å². The molecule has 96 valence electrons. The van der Waals surface area contributed by atoms with Crippen molar-refractivity contribution in [3.05, 3.63) is 11.6 Å². The molecule has 4 nitrogen and oxygen atoms in total. The Balaban J connectivity index is 2.34. The van der Waals surface area contributed by atoms with Crippen molar-refractivity contribution < 1.29 is 5.11 Å². The lowest BCUT2D eigenvalue weighted by Crippen LogP contribution is -2.20. The van der Waals surface area contributed by atoms with Gasteiger partial charge in [0.2, 0.25) is 0 Å². The van der Waals surface area contributed by atoms with E-state index < -0.39 is 0 Å².